The third kappa shape index (κ3) is 10.3. The number of hydrogen-bond donors (Lipinski definition) is 0. The average molecular weight is 1260 g/mol. The van der Waals surface area contributed by atoms with Crippen LogP contribution in [-0.2, 0) is 10.8 Å². The van der Waals surface area contributed by atoms with Crippen LogP contribution in [0.15, 0.2) is 388 Å². The molecule has 16 aromatic carbocycles. The Balaban J connectivity index is 0.000000161. The molecule has 464 valence electrons. The van der Waals surface area contributed by atoms with Gasteiger partial charge in [-0.25, -0.2) is 0 Å². The van der Waals surface area contributed by atoms with Gasteiger partial charge >= 0.3 is 0 Å². The van der Waals surface area contributed by atoms with Crippen molar-refractivity contribution in [3.8, 4) is 66.8 Å². The van der Waals surface area contributed by atoms with E-state index in [0.29, 0.717) is 11.1 Å². The molecule has 0 N–H and O–H groups in total. The van der Waals surface area contributed by atoms with Gasteiger partial charge in [-0.2, -0.15) is 0 Å². The van der Waals surface area contributed by atoms with Crippen LogP contribution in [0.1, 0.15) is 60.9 Å². The van der Waals surface area contributed by atoms with Crippen LogP contribution in [0.2, 0.25) is 0 Å². The first kappa shape index (κ1) is 49.2. The SMILES string of the molecule is [2H]c1c([2H])c([2H])c(-c2ccc(N(c3ccc(-c4ccccc4)cc3)c3cc4ccccc4c4c3-c3ccccc3C4(C)C)cc2)c([2H])c1[2H].[2H]c1c([2H])c([2H])c(-c2ccc(N(c3ccc(-c4ccccc4)cc3)c3cc4ccccc4c4c3-c3ccccc3C4(c3ccccc3)c3ccccc3)cc2)c([2H])c1[2H]. The Labute approximate surface area is 589 Å². The molecule has 0 spiro atoms. The van der Waals surface area contributed by atoms with Gasteiger partial charge in [0.2, 0.25) is 0 Å². The Bertz CT molecular complexity index is 6080. The van der Waals surface area contributed by atoms with E-state index in [9.17, 15) is 0 Å². The van der Waals surface area contributed by atoms with Crippen LogP contribution in [0, 0.1) is 0 Å². The quantitative estimate of drug-likeness (QED) is 0.120. The van der Waals surface area contributed by atoms with E-state index in [1.165, 1.54) is 55.3 Å². The summed E-state index contributed by atoms with van der Waals surface area (Å²) in [5.41, 5.74) is 22.9. The molecule has 0 amide bonds. The second-order valence-electron chi connectivity index (χ2n) is 25.5. The minimum Gasteiger partial charge on any atom is -0.310 e. The normalized spacial score (nSPS) is 14.2. The predicted molar refractivity (Wildman–Crippen MR) is 414 cm³/mol. The molecular weight excluding hydrogens is 1180 g/mol. The fraction of sp³-hybridized carbons (Fsp3) is 0.0417. The summed E-state index contributed by atoms with van der Waals surface area (Å²) in [6.45, 7) is 4.61. The fourth-order valence-electron chi connectivity index (χ4n) is 15.4. The summed E-state index contributed by atoms with van der Waals surface area (Å²) in [4.78, 5) is 4.58. The average Bonchev–Trinajstić information content (AvgIpc) is 1.52. The number of rotatable bonds is 12. The van der Waals surface area contributed by atoms with Crippen molar-refractivity contribution in [2.75, 3.05) is 9.80 Å². The molecule has 0 saturated carbocycles. The van der Waals surface area contributed by atoms with Gasteiger partial charge in [0, 0.05) is 39.3 Å². The summed E-state index contributed by atoms with van der Waals surface area (Å²) in [7, 11) is 0. The van der Waals surface area contributed by atoms with Gasteiger partial charge in [0.25, 0.3) is 0 Å². The molecule has 2 heteroatoms. The summed E-state index contributed by atoms with van der Waals surface area (Å²) in [5.74, 6) is 0. The van der Waals surface area contributed by atoms with Crippen molar-refractivity contribution < 1.29 is 13.7 Å². The van der Waals surface area contributed by atoms with Crippen molar-refractivity contribution in [3.63, 3.8) is 0 Å². The van der Waals surface area contributed by atoms with Crippen molar-refractivity contribution in [1.82, 2.24) is 0 Å². The van der Waals surface area contributed by atoms with Gasteiger partial charge in [0.1, 0.15) is 0 Å². The van der Waals surface area contributed by atoms with Gasteiger partial charge in [-0.15, -0.1) is 0 Å². The highest BCUT2D eigenvalue weighted by Gasteiger charge is 2.49. The number of nitrogens with zero attached hydrogens (tertiary/aromatic N) is 2. The van der Waals surface area contributed by atoms with Gasteiger partial charge < -0.3 is 9.80 Å². The molecule has 0 unspecified atom stereocenters. The minimum absolute atomic E-state index is 0.178. The van der Waals surface area contributed by atoms with E-state index in [1.54, 1.807) is 0 Å². The van der Waals surface area contributed by atoms with E-state index in [4.69, 9.17) is 13.7 Å². The lowest BCUT2D eigenvalue weighted by molar-refractivity contribution is 0.666. The van der Waals surface area contributed by atoms with E-state index >= 15 is 0 Å². The standard InChI is InChI=1S/C53H37N.C43H33N/c1-5-17-38(18-6-1)40-29-33-45(34-30-40)54(46-35-31-41(32-36-46)39-19-7-2-8-20-39)50-37-42-21-13-14-26-47(42)52-51(50)48-27-15-16-28-49(48)53(52,43-22-9-3-10-23-43)44-24-11-4-12-25-44;1-43(2)39-20-12-11-19-38(39)41-40(29-34-17-9-10-18-37(34)42(41)43)44(35-25-21-32(22-26-35)30-13-5-3-6-14-30)36-27-23-33(24-28-36)31-15-7-4-8-16-31/h1-37H;3-29H,1-2H3/i1D,5D,6D,17D,18D;3D,5D,6D,13D,14D. The number of fused-ring (bicyclic) bond motifs is 10. The monoisotopic (exact) mass is 1260 g/mol. The maximum atomic E-state index is 8.70. The highest BCUT2D eigenvalue weighted by molar-refractivity contribution is 6.09. The molecule has 0 heterocycles. The zero-order valence-corrected chi connectivity index (χ0v) is 54.1. The van der Waals surface area contributed by atoms with Crippen LogP contribution in [-0.4, -0.2) is 0 Å². The van der Waals surface area contributed by atoms with Crippen LogP contribution in [0.3, 0.4) is 0 Å². The number of benzene rings is 16. The topological polar surface area (TPSA) is 6.48 Å². The zero-order chi connectivity index (χ0) is 74.3. The summed E-state index contributed by atoms with van der Waals surface area (Å²) in [6, 6.07) is 111. The summed E-state index contributed by atoms with van der Waals surface area (Å²) < 4.78 is 83.8. The van der Waals surface area contributed by atoms with E-state index in [0.717, 1.165) is 78.3 Å². The molecule has 16 aromatic rings. The van der Waals surface area contributed by atoms with E-state index < -0.39 is 17.5 Å². The minimum atomic E-state index is -0.641. The number of anilines is 6. The molecule has 18 rings (SSSR count). The maximum absolute atomic E-state index is 8.70. The second kappa shape index (κ2) is 25.1. The molecule has 0 radical (unpaired) electrons. The van der Waals surface area contributed by atoms with E-state index in [1.807, 2.05) is 84.9 Å². The van der Waals surface area contributed by atoms with Gasteiger partial charge in [-0.1, -0.05) is 341 Å². The second-order valence-corrected chi connectivity index (χ2v) is 25.5. The van der Waals surface area contributed by atoms with Crippen molar-refractivity contribution >= 4 is 55.7 Å². The van der Waals surface area contributed by atoms with Crippen LogP contribution < -0.4 is 9.80 Å². The Hall–Kier alpha value is -12.4. The fourth-order valence-corrected chi connectivity index (χ4v) is 15.4. The van der Waals surface area contributed by atoms with Crippen LogP contribution in [0.5, 0.6) is 0 Å². The Kier molecular flexibility index (Phi) is 12.6. The van der Waals surface area contributed by atoms with Crippen LogP contribution >= 0.6 is 0 Å². The first-order valence-electron chi connectivity index (χ1n) is 38.2. The molecule has 2 aliphatic rings. The first-order valence-corrected chi connectivity index (χ1v) is 33.2. The molecule has 0 fully saturated rings. The lowest BCUT2D eigenvalue weighted by atomic mass is 9.66. The van der Waals surface area contributed by atoms with Crippen molar-refractivity contribution in [3.05, 3.63) is 421 Å². The maximum Gasteiger partial charge on any atom is 0.0720 e. The van der Waals surface area contributed by atoms with E-state index in [2.05, 4.69) is 266 Å². The van der Waals surface area contributed by atoms with Crippen LogP contribution in [0.4, 0.5) is 34.1 Å². The molecular formula is C96H70N2. The lowest BCUT2D eigenvalue weighted by Crippen LogP contribution is -2.29. The zero-order valence-electron chi connectivity index (χ0n) is 64.1. The van der Waals surface area contributed by atoms with Crippen LogP contribution in [0.25, 0.3) is 88.3 Å². The number of hydrogen-bond acceptors (Lipinski definition) is 2. The Morgan fingerprint density at radius 2 is 0.571 bits per heavy atom. The van der Waals surface area contributed by atoms with Crippen molar-refractivity contribution in [2.24, 2.45) is 0 Å². The largest absolute Gasteiger partial charge is 0.310 e. The molecule has 2 nitrogen and oxygen atoms in total. The summed E-state index contributed by atoms with van der Waals surface area (Å²) in [6.07, 6.45) is 0. The first-order chi connectivity index (χ1) is 52.5. The Morgan fingerprint density at radius 3 is 0.990 bits per heavy atom. The summed E-state index contributed by atoms with van der Waals surface area (Å²) in [5, 5.41) is 4.66. The smallest absolute Gasteiger partial charge is 0.0720 e. The molecule has 0 atom stereocenters. The van der Waals surface area contributed by atoms with Crippen molar-refractivity contribution in [2.45, 2.75) is 24.7 Å². The lowest BCUT2D eigenvalue weighted by Gasteiger charge is -2.35. The molecule has 0 aromatic heterocycles. The van der Waals surface area contributed by atoms with Gasteiger partial charge in [0.05, 0.1) is 30.5 Å². The molecule has 2 aliphatic carbocycles. The molecule has 0 aliphatic heterocycles. The highest BCUT2D eigenvalue weighted by atomic mass is 15.2. The summed E-state index contributed by atoms with van der Waals surface area (Å²) >= 11 is 0. The van der Waals surface area contributed by atoms with E-state index in [-0.39, 0.29) is 64.9 Å². The van der Waals surface area contributed by atoms with Gasteiger partial charge in [-0.05, 0) is 171 Å². The highest BCUT2D eigenvalue weighted by Crippen LogP contribution is 2.62. The third-order valence-electron chi connectivity index (χ3n) is 19.7. The van der Waals surface area contributed by atoms with Gasteiger partial charge in [0.15, 0.2) is 0 Å². The molecule has 98 heavy (non-hydrogen) atoms. The molecule has 0 saturated heterocycles. The third-order valence-corrected chi connectivity index (χ3v) is 19.7. The predicted octanol–water partition coefficient (Wildman–Crippen LogP) is 26.0. The van der Waals surface area contributed by atoms with Gasteiger partial charge in [-0.3, -0.25) is 0 Å². The van der Waals surface area contributed by atoms with Crippen molar-refractivity contribution in [1.29, 1.82) is 0 Å². The molecule has 0 bridgehead atoms. The Morgan fingerprint density at radius 1 is 0.265 bits per heavy atom.